The Kier molecular flexibility index (Phi) is 4.98. The largest absolute Gasteiger partial charge is 0.497 e. The highest BCUT2D eigenvalue weighted by molar-refractivity contribution is 5.27. The number of hydrogen-bond acceptors (Lipinski definition) is 3. The van der Waals surface area contributed by atoms with Gasteiger partial charge < -0.3 is 4.74 Å². The van der Waals surface area contributed by atoms with Crippen molar-refractivity contribution in [2.45, 2.75) is 39.2 Å². The van der Waals surface area contributed by atoms with Crippen LogP contribution in [0.1, 0.15) is 31.2 Å². The minimum Gasteiger partial charge on any atom is -0.497 e. The number of aromatic amines is 1. The number of nitrogens with zero attached hydrogens (tertiary/aromatic N) is 2. The maximum absolute atomic E-state index is 11.6. The van der Waals surface area contributed by atoms with Gasteiger partial charge in [-0.1, -0.05) is 19.1 Å². The SMILES string of the molecule is CCCn1c(CCCc2ccc(OC)cc2)n[nH]c1=O. The van der Waals surface area contributed by atoms with Gasteiger partial charge in [0.25, 0.3) is 0 Å². The number of hydrogen-bond donors (Lipinski definition) is 1. The molecule has 0 spiro atoms. The molecule has 1 heterocycles. The van der Waals surface area contributed by atoms with Crippen molar-refractivity contribution in [1.29, 1.82) is 0 Å². The zero-order chi connectivity index (χ0) is 14.4. The van der Waals surface area contributed by atoms with E-state index in [2.05, 4.69) is 29.3 Å². The van der Waals surface area contributed by atoms with Crippen LogP contribution in [0.3, 0.4) is 0 Å². The van der Waals surface area contributed by atoms with E-state index in [1.165, 1.54) is 5.56 Å². The second-order valence-electron chi connectivity index (χ2n) is 4.80. The summed E-state index contributed by atoms with van der Waals surface area (Å²) in [5, 5.41) is 6.63. The molecule has 0 atom stereocenters. The summed E-state index contributed by atoms with van der Waals surface area (Å²) in [6.45, 7) is 2.79. The molecule has 0 amide bonds. The number of H-pyrrole nitrogens is 1. The molecule has 0 aliphatic rings. The summed E-state index contributed by atoms with van der Waals surface area (Å²) in [5.74, 6) is 1.73. The predicted molar refractivity (Wildman–Crippen MR) is 78.2 cm³/mol. The van der Waals surface area contributed by atoms with E-state index in [0.29, 0.717) is 0 Å². The zero-order valence-corrected chi connectivity index (χ0v) is 12.1. The van der Waals surface area contributed by atoms with Crippen molar-refractivity contribution in [3.63, 3.8) is 0 Å². The van der Waals surface area contributed by atoms with Crippen LogP contribution >= 0.6 is 0 Å². The molecule has 0 saturated carbocycles. The van der Waals surface area contributed by atoms with Gasteiger partial charge in [-0.2, -0.15) is 5.10 Å². The van der Waals surface area contributed by atoms with Gasteiger partial charge in [-0.15, -0.1) is 0 Å². The normalized spacial score (nSPS) is 10.7. The van der Waals surface area contributed by atoms with Crippen molar-refractivity contribution in [2.75, 3.05) is 7.11 Å². The van der Waals surface area contributed by atoms with Gasteiger partial charge in [-0.3, -0.25) is 4.57 Å². The number of aryl methyl sites for hydroxylation is 2. The van der Waals surface area contributed by atoms with Crippen LogP contribution in [0.15, 0.2) is 29.1 Å². The predicted octanol–water partition coefficient (Wildman–Crippen LogP) is 2.17. The number of ether oxygens (including phenoxy) is 1. The lowest BCUT2D eigenvalue weighted by atomic mass is 10.1. The summed E-state index contributed by atoms with van der Waals surface area (Å²) in [5.41, 5.74) is 1.16. The van der Waals surface area contributed by atoms with E-state index in [-0.39, 0.29) is 5.69 Å². The Bertz CT molecular complexity index is 584. The quantitative estimate of drug-likeness (QED) is 0.842. The molecule has 2 rings (SSSR count). The third-order valence-electron chi connectivity index (χ3n) is 3.31. The number of methoxy groups -OCH3 is 1. The van der Waals surface area contributed by atoms with Crippen LogP contribution in [0.2, 0.25) is 0 Å². The molecule has 5 nitrogen and oxygen atoms in total. The van der Waals surface area contributed by atoms with E-state index in [9.17, 15) is 4.79 Å². The van der Waals surface area contributed by atoms with Gasteiger partial charge >= 0.3 is 5.69 Å². The van der Waals surface area contributed by atoms with Crippen LogP contribution in [0, 0.1) is 0 Å². The van der Waals surface area contributed by atoms with Crippen LogP contribution < -0.4 is 10.4 Å². The van der Waals surface area contributed by atoms with Crippen LogP contribution in [-0.4, -0.2) is 21.9 Å². The second kappa shape index (κ2) is 6.93. The number of nitrogens with one attached hydrogen (secondary N) is 1. The van der Waals surface area contributed by atoms with Gasteiger partial charge in [0.05, 0.1) is 7.11 Å². The van der Waals surface area contributed by atoms with E-state index < -0.39 is 0 Å². The second-order valence-corrected chi connectivity index (χ2v) is 4.80. The lowest BCUT2D eigenvalue weighted by Gasteiger charge is -2.05. The Balaban J connectivity index is 1.90. The Morgan fingerprint density at radius 2 is 2.00 bits per heavy atom. The fourth-order valence-corrected chi connectivity index (χ4v) is 2.24. The fourth-order valence-electron chi connectivity index (χ4n) is 2.24. The Labute approximate surface area is 118 Å². The summed E-state index contributed by atoms with van der Waals surface area (Å²) >= 11 is 0. The maximum atomic E-state index is 11.6. The zero-order valence-electron chi connectivity index (χ0n) is 12.1. The lowest BCUT2D eigenvalue weighted by molar-refractivity contribution is 0.414. The highest BCUT2D eigenvalue weighted by atomic mass is 16.5. The van der Waals surface area contributed by atoms with Crippen molar-refractivity contribution < 1.29 is 4.74 Å². The van der Waals surface area contributed by atoms with Crippen LogP contribution in [0.5, 0.6) is 5.75 Å². The molecule has 0 bridgehead atoms. The standard InChI is InChI=1S/C15H21N3O2/c1-3-11-18-14(16-17-15(18)19)6-4-5-12-7-9-13(20-2)10-8-12/h7-10H,3-6,11H2,1-2H3,(H,17,19). The highest BCUT2D eigenvalue weighted by Gasteiger charge is 2.07. The molecule has 5 heteroatoms. The van der Waals surface area contributed by atoms with Crippen LogP contribution in [0.4, 0.5) is 0 Å². The molecule has 0 aliphatic heterocycles. The van der Waals surface area contributed by atoms with Gasteiger partial charge in [0, 0.05) is 13.0 Å². The first kappa shape index (κ1) is 14.4. The van der Waals surface area contributed by atoms with Gasteiger partial charge in [0.2, 0.25) is 0 Å². The van der Waals surface area contributed by atoms with E-state index in [1.54, 1.807) is 11.7 Å². The average Bonchev–Trinajstić information content (AvgIpc) is 2.82. The minimum absolute atomic E-state index is 0.105. The van der Waals surface area contributed by atoms with Crippen molar-refractivity contribution >= 4 is 0 Å². The first-order valence-electron chi connectivity index (χ1n) is 7.01. The van der Waals surface area contributed by atoms with E-state index in [4.69, 9.17) is 4.74 Å². The summed E-state index contributed by atoms with van der Waals surface area (Å²) in [4.78, 5) is 11.6. The molecule has 1 N–H and O–H groups in total. The molecule has 1 aromatic heterocycles. The molecular weight excluding hydrogens is 254 g/mol. The Morgan fingerprint density at radius 3 is 2.65 bits per heavy atom. The number of rotatable bonds is 7. The van der Waals surface area contributed by atoms with Gasteiger partial charge in [0.1, 0.15) is 11.6 Å². The average molecular weight is 275 g/mol. The topological polar surface area (TPSA) is 59.9 Å². The highest BCUT2D eigenvalue weighted by Crippen LogP contribution is 2.13. The molecular formula is C15H21N3O2. The Hall–Kier alpha value is -2.04. The lowest BCUT2D eigenvalue weighted by Crippen LogP contribution is -2.18. The van der Waals surface area contributed by atoms with Crippen molar-refractivity contribution in [3.05, 3.63) is 46.1 Å². The fraction of sp³-hybridized carbons (Fsp3) is 0.467. The number of benzene rings is 1. The Morgan fingerprint density at radius 1 is 1.25 bits per heavy atom. The smallest absolute Gasteiger partial charge is 0.343 e. The minimum atomic E-state index is -0.105. The van der Waals surface area contributed by atoms with E-state index >= 15 is 0 Å². The van der Waals surface area contributed by atoms with E-state index in [0.717, 1.165) is 43.8 Å². The maximum Gasteiger partial charge on any atom is 0.343 e. The van der Waals surface area contributed by atoms with Crippen LogP contribution in [0.25, 0.3) is 0 Å². The summed E-state index contributed by atoms with van der Waals surface area (Å²) in [6.07, 6.45) is 3.69. The first-order valence-corrected chi connectivity index (χ1v) is 7.01. The summed E-state index contributed by atoms with van der Waals surface area (Å²) < 4.78 is 6.87. The monoisotopic (exact) mass is 275 g/mol. The summed E-state index contributed by atoms with van der Waals surface area (Å²) in [6, 6.07) is 8.08. The molecule has 0 unspecified atom stereocenters. The summed E-state index contributed by atoms with van der Waals surface area (Å²) in [7, 11) is 1.67. The molecule has 0 saturated heterocycles. The van der Waals surface area contributed by atoms with Crippen molar-refractivity contribution in [3.8, 4) is 5.75 Å². The molecule has 108 valence electrons. The molecule has 2 aromatic rings. The third kappa shape index (κ3) is 3.50. The first-order chi connectivity index (χ1) is 9.74. The van der Waals surface area contributed by atoms with Gasteiger partial charge in [0.15, 0.2) is 0 Å². The van der Waals surface area contributed by atoms with Crippen molar-refractivity contribution in [1.82, 2.24) is 14.8 Å². The van der Waals surface area contributed by atoms with Gasteiger partial charge in [-0.25, -0.2) is 9.89 Å². The number of aromatic nitrogens is 3. The molecule has 0 radical (unpaired) electrons. The molecule has 0 aliphatic carbocycles. The van der Waals surface area contributed by atoms with Crippen molar-refractivity contribution in [2.24, 2.45) is 0 Å². The molecule has 1 aromatic carbocycles. The van der Waals surface area contributed by atoms with E-state index in [1.807, 2.05) is 12.1 Å². The third-order valence-corrected chi connectivity index (χ3v) is 3.31. The molecule has 0 fully saturated rings. The van der Waals surface area contributed by atoms with Gasteiger partial charge in [-0.05, 0) is 37.0 Å². The molecule has 20 heavy (non-hydrogen) atoms. The van der Waals surface area contributed by atoms with Crippen LogP contribution in [-0.2, 0) is 19.4 Å².